The van der Waals surface area contributed by atoms with E-state index in [1.165, 1.54) is 4.90 Å². The van der Waals surface area contributed by atoms with Crippen LogP contribution in [-0.4, -0.2) is 23.4 Å². The van der Waals surface area contributed by atoms with E-state index in [2.05, 4.69) is 6.58 Å². The monoisotopic (exact) mass is 428 g/mol. The Morgan fingerprint density at radius 1 is 1.14 bits per heavy atom. The molecule has 150 valence electrons. The van der Waals surface area contributed by atoms with Gasteiger partial charge in [-0.05, 0) is 56.3 Å². The second kappa shape index (κ2) is 8.46. The molecule has 0 spiro atoms. The van der Waals surface area contributed by atoms with Crippen LogP contribution in [-0.2, 0) is 0 Å². The first-order valence-corrected chi connectivity index (χ1v) is 9.87. The minimum atomic E-state index is -1.65. The summed E-state index contributed by atoms with van der Waals surface area (Å²) < 4.78 is 0. The molecule has 0 aliphatic carbocycles. The normalized spacial score (nSPS) is 20.0. The average Bonchev–Trinajstić information content (AvgIpc) is 2.94. The van der Waals surface area contributed by atoms with Gasteiger partial charge < -0.3 is 5.11 Å². The lowest BCUT2D eigenvalue weighted by atomic mass is 10.00. The molecular weight excluding hydrogens is 407 g/mol. The zero-order valence-corrected chi connectivity index (χ0v) is 17.8. The van der Waals surface area contributed by atoms with Gasteiger partial charge in [-0.3, -0.25) is 9.80 Å². The standard InChI is InChI=1S/C23H22Cl2N2O2/c1-4-5-18(14-17(3)24)23(29)15-26(20-10-6-16(2)7-11-20)22(28)27(23)21-12-8-19(25)9-13-21/h4-14,29H,3,15H2,1-2H3/b5-4-,18-14+. The zero-order chi connectivity index (χ0) is 21.2. The van der Waals surface area contributed by atoms with Gasteiger partial charge in [-0.2, -0.15) is 0 Å². The number of aliphatic hydroxyl groups is 1. The summed E-state index contributed by atoms with van der Waals surface area (Å²) in [7, 11) is 0. The molecule has 3 rings (SSSR count). The minimum Gasteiger partial charge on any atom is -0.365 e. The predicted molar refractivity (Wildman–Crippen MR) is 121 cm³/mol. The van der Waals surface area contributed by atoms with Crippen molar-refractivity contribution in [2.75, 3.05) is 16.3 Å². The summed E-state index contributed by atoms with van der Waals surface area (Å²) >= 11 is 12.0. The molecule has 29 heavy (non-hydrogen) atoms. The largest absolute Gasteiger partial charge is 0.365 e. The summed E-state index contributed by atoms with van der Waals surface area (Å²) in [5.74, 6) is 0. The molecule has 1 unspecified atom stereocenters. The lowest BCUT2D eigenvalue weighted by molar-refractivity contribution is 0.110. The van der Waals surface area contributed by atoms with Crippen molar-refractivity contribution in [2.45, 2.75) is 19.6 Å². The highest BCUT2D eigenvalue weighted by Gasteiger charge is 2.51. The van der Waals surface area contributed by atoms with Gasteiger partial charge in [0.25, 0.3) is 0 Å². The maximum Gasteiger partial charge on any atom is 0.331 e. The lowest BCUT2D eigenvalue weighted by Crippen LogP contribution is -2.48. The van der Waals surface area contributed by atoms with Gasteiger partial charge in [0.05, 0.1) is 6.54 Å². The Kier molecular flexibility index (Phi) is 6.18. The summed E-state index contributed by atoms with van der Waals surface area (Å²) in [5, 5.41) is 12.6. The zero-order valence-electron chi connectivity index (χ0n) is 16.3. The molecule has 2 aromatic carbocycles. The van der Waals surface area contributed by atoms with Gasteiger partial charge in [0.1, 0.15) is 0 Å². The van der Waals surface area contributed by atoms with Gasteiger partial charge in [0.2, 0.25) is 0 Å². The van der Waals surface area contributed by atoms with E-state index in [1.54, 1.807) is 47.4 Å². The van der Waals surface area contributed by atoms with Crippen LogP contribution >= 0.6 is 23.2 Å². The minimum absolute atomic E-state index is 0.0257. The van der Waals surface area contributed by atoms with Crippen molar-refractivity contribution in [3.05, 3.63) is 94.5 Å². The van der Waals surface area contributed by atoms with Crippen LogP contribution in [0.4, 0.5) is 16.2 Å². The molecule has 2 amide bonds. The summed E-state index contributed by atoms with van der Waals surface area (Å²) in [6.45, 7) is 7.54. The number of amides is 2. The molecule has 0 saturated carbocycles. The molecule has 0 bridgehead atoms. The number of carbonyl (C=O) groups is 1. The number of β-amino-alcohol motifs (C(OH)–C–C–N with tert-alkyl or cyclic N) is 1. The van der Waals surface area contributed by atoms with E-state index in [-0.39, 0.29) is 17.6 Å². The molecule has 2 aromatic rings. The molecule has 0 radical (unpaired) electrons. The summed E-state index contributed by atoms with van der Waals surface area (Å²) in [5.41, 5.74) is 1.10. The first-order chi connectivity index (χ1) is 13.8. The summed E-state index contributed by atoms with van der Waals surface area (Å²) in [6.07, 6.45) is 5.07. The van der Waals surface area contributed by atoms with Crippen molar-refractivity contribution in [1.82, 2.24) is 0 Å². The van der Waals surface area contributed by atoms with Crippen LogP contribution in [0.15, 0.2) is 83.9 Å². The van der Waals surface area contributed by atoms with E-state index in [0.717, 1.165) is 5.56 Å². The van der Waals surface area contributed by atoms with Gasteiger partial charge in [-0.15, -0.1) is 0 Å². The highest BCUT2D eigenvalue weighted by Crippen LogP contribution is 2.39. The fourth-order valence-electron chi connectivity index (χ4n) is 3.34. The number of halogens is 2. The molecule has 0 aromatic heterocycles. The number of rotatable bonds is 5. The van der Waals surface area contributed by atoms with E-state index in [4.69, 9.17) is 23.2 Å². The SMILES string of the molecule is C=C(Cl)/C=C(\C=C/C)C1(O)CN(c2ccc(C)cc2)C(=O)N1c1ccc(Cl)cc1. The number of anilines is 2. The number of benzene rings is 2. The van der Waals surface area contributed by atoms with E-state index >= 15 is 0 Å². The Hall–Kier alpha value is -2.53. The second-order valence-electron chi connectivity index (χ2n) is 6.88. The lowest BCUT2D eigenvalue weighted by Gasteiger charge is -2.33. The van der Waals surface area contributed by atoms with Crippen molar-refractivity contribution in [2.24, 2.45) is 0 Å². The topological polar surface area (TPSA) is 43.8 Å². The molecule has 1 saturated heterocycles. The van der Waals surface area contributed by atoms with Crippen LogP contribution in [0.2, 0.25) is 5.02 Å². The van der Waals surface area contributed by atoms with Gasteiger partial charge in [0.15, 0.2) is 5.72 Å². The van der Waals surface area contributed by atoms with Gasteiger partial charge >= 0.3 is 6.03 Å². The van der Waals surface area contributed by atoms with Crippen LogP contribution in [0.1, 0.15) is 12.5 Å². The number of carbonyl (C=O) groups excluding carboxylic acids is 1. The second-order valence-corrected chi connectivity index (χ2v) is 7.80. The van der Waals surface area contributed by atoms with Crippen LogP contribution in [0, 0.1) is 6.92 Å². The highest BCUT2D eigenvalue weighted by atomic mass is 35.5. The molecule has 6 heteroatoms. The van der Waals surface area contributed by atoms with Gasteiger partial charge in [-0.25, -0.2) is 4.79 Å². The van der Waals surface area contributed by atoms with Crippen molar-refractivity contribution in [3.8, 4) is 0 Å². The fourth-order valence-corrected chi connectivity index (χ4v) is 3.59. The maximum atomic E-state index is 13.4. The molecular formula is C23H22Cl2N2O2. The average molecular weight is 429 g/mol. The Labute approximate surface area is 181 Å². The van der Waals surface area contributed by atoms with E-state index in [0.29, 0.717) is 22.0 Å². The van der Waals surface area contributed by atoms with E-state index < -0.39 is 5.72 Å². The van der Waals surface area contributed by atoms with Crippen molar-refractivity contribution >= 4 is 40.6 Å². The molecule has 1 atom stereocenters. The number of nitrogens with zero attached hydrogens (tertiary/aromatic N) is 2. The molecule has 4 nitrogen and oxygen atoms in total. The van der Waals surface area contributed by atoms with Gasteiger partial charge in [-0.1, -0.05) is 59.6 Å². The Bertz CT molecular complexity index is 981. The molecule has 1 heterocycles. The highest BCUT2D eigenvalue weighted by molar-refractivity contribution is 6.31. The molecule has 1 N–H and O–H groups in total. The van der Waals surface area contributed by atoms with Crippen molar-refractivity contribution < 1.29 is 9.90 Å². The molecule has 1 fully saturated rings. The maximum absolute atomic E-state index is 13.4. The van der Waals surface area contributed by atoms with Crippen LogP contribution < -0.4 is 9.80 Å². The fraction of sp³-hybridized carbons (Fsp3) is 0.174. The van der Waals surface area contributed by atoms with Crippen molar-refractivity contribution in [1.29, 1.82) is 0 Å². The smallest absolute Gasteiger partial charge is 0.331 e. The predicted octanol–water partition coefficient (Wildman–Crippen LogP) is 6.04. The van der Waals surface area contributed by atoms with Crippen LogP contribution in [0.25, 0.3) is 0 Å². The first-order valence-electron chi connectivity index (χ1n) is 9.12. The Balaban J connectivity index is 2.16. The van der Waals surface area contributed by atoms with Gasteiger partial charge in [0, 0.05) is 27.0 Å². The Morgan fingerprint density at radius 2 is 1.72 bits per heavy atom. The van der Waals surface area contributed by atoms with Crippen LogP contribution in [0.5, 0.6) is 0 Å². The number of hydrogen-bond donors (Lipinski definition) is 1. The first kappa shape index (κ1) is 21.2. The summed E-state index contributed by atoms with van der Waals surface area (Å²) in [4.78, 5) is 16.3. The van der Waals surface area contributed by atoms with E-state index in [9.17, 15) is 9.90 Å². The van der Waals surface area contributed by atoms with E-state index in [1.807, 2.05) is 38.1 Å². The number of hydrogen-bond acceptors (Lipinski definition) is 2. The van der Waals surface area contributed by atoms with Crippen LogP contribution in [0.3, 0.4) is 0 Å². The number of urea groups is 1. The molecule has 1 aliphatic heterocycles. The third kappa shape index (κ3) is 4.25. The Morgan fingerprint density at radius 3 is 2.28 bits per heavy atom. The number of aryl methyl sites for hydroxylation is 1. The summed E-state index contributed by atoms with van der Waals surface area (Å²) in [6, 6.07) is 14.0. The quantitative estimate of drug-likeness (QED) is 0.589. The van der Waals surface area contributed by atoms with Crippen molar-refractivity contribution in [3.63, 3.8) is 0 Å². The third-order valence-corrected chi connectivity index (χ3v) is 5.08. The molecule has 1 aliphatic rings. The third-order valence-electron chi connectivity index (χ3n) is 4.72. The number of allylic oxidation sites excluding steroid dienone is 3.